The van der Waals surface area contributed by atoms with E-state index in [1.807, 2.05) is 45.0 Å². The zero-order valence-corrected chi connectivity index (χ0v) is 17.8. The van der Waals surface area contributed by atoms with E-state index >= 15 is 0 Å². The van der Waals surface area contributed by atoms with Gasteiger partial charge in [0.2, 0.25) is 14.9 Å². The monoisotopic (exact) mass is 418 g/mol. The Morgan fingerprint density at radius 1 is 0.833 bits per heavy atom. The van der Waals surface area contributed by atoms with Crippen molar-refractivity contribution in [3.05, 3.63) is 83.4 Å². The maximum absolute atomic E-state index is 13.5. The second kappa shape index (κ2) is 7.42. The maximum atomic E-state index is 13.5. The standard InChI is InChI=1S/C23H22N4O2S/c1-15-4-7-18(8-5-15)22-23(25-26-27(22)20-11-9-19(24)10-12-20)30(28,29)21-13-6-16(2)17(3)14-21/h4-14H,24H2,1-3H3. The van der Waals surface area contributed by atoms with Crippen molar-refractivity contribution in [2.75, 3.05) is 5.73 Å². The van der Waals surface area contributed by atoms with Gasteiger partial charge in [-0.3, -0.25) is 0 Å². The lowest BCUT2D eigenvalue weighted by atomic mass is 10.1. The van der Waals surface area contributed by atoms with Crippen LogP contribution >= 0.6 is 0 Å². The van der Waals surface area contributed by atoms with Gasteiger partial charge in [-0.15, -0.1) is 5.10 Å². The van der Waals surface area contributed by atoms with Gasteiger partial charge in [-0.2, -0.15) is 0 Å². The van der Waals surface area contributed by atoms with Crippen LogP contribution in [0.1, 0.15) is 16.7 Å². The topological polar surface area (TPSA) is 90.9 Å². The van der Waals surface area contributed by atoms with Crippen molar-refractivity contribution in [3.8, 4) is 16.9 Å². The molecule has 4 rings (SSSR count). The third-order valence-corrected chi connectivity index (χ3v) is 6.80. The molecular weight excluding hydrogens is 396 g/mol. The van der Waals surface area contributed by atoms with E-state index in [-0.39, 0.29) is 9.92 Å². The molecule has 6 nitrogen and oxygen atoms in total. The fraction of sp³-hybridized carbons (Fsp3) is 0.130. The second-order valence-electron chi connectivity index (χ2n) is 7.36. The summed E-state index contributed by atoms with van der Waals surface area (Å²) in [4.78, 5) is 0.198. The molecular formula is C23H22N4O2S. The molecule has 0 bridgehead atoms. The van der Waals surface area contributed by atoms with Crippen LogP contribution in [0.4, 0.5) is 5.69 Å². The molecule has 0 unspecified atom stereocenters. The molecule has 4 aromatic rings. The van der Waals surface area contributed by atoms with Gasteiger partial charge in [0, 0.05) is 11.3 Å². The van der Waals surface area contributed by atoms with Crippen LogP contribution in [0, 0.1) is 20.8 Å². The molecule has 0 atom stereocenters. The average Bonchev–Trinajstić information content (AvgIpc) is 3.17. The molecule has 0 aliphatic carbocycles. The van der Waals surface area contributed by atoms with E-state index in [1.54, 1.807) is 42.5 Å². The van der Waals surface area contributed by atoms with Crippen molar-refractivity contribution in [2.45, 2.75) is 30.7 Å². The van der Waals surface area contributed by atoms with Crippen molar-refractivity contribution in [1.29, 1.82) is 0 Å². The number of sulfone groups is 1. The Labute approximate surface area is 175 Å². The Balaban J connectivity index is 1.97. The van der Waals surface area contributed by atoms with E-state index in [4.69, 9.17) is 5.73 Å². The molecule has 1 heterocycles. The summed E-state index contributed by atoms with van der Waals surface area (Å²) in [7, 11) is -3.88. The molecule has 0 saturated carbocycles. The third-order valence-electron chi connectivity index (χ3n) is 5.15. The van der Waals surface area contributed by atoms with E-state index in [0.29, 0.717) is 22.6 Å². The molecule has 0 aliphatic heterocycles. The molecule has 30 heavy (non-hydrogen) atoms. The van der Waals surface area contributed by atoms with Crippen LogP contribution in [0.3, 0.4) is 0 Å². The zero-order chi connectivity index (χ0) is 21.5. The number of nitrogens with two attached hydrogens (primary N) is 1. The molecule has 0 aliphatic rings. The van der Waals surface area contributed by atoms with Crippen molar-refractivity contribution >= 4 is 15.5 Å². The molecule has 2 N–H and O–H groups in total. The highest BCUT2D eigenvalue weighted by Gasteiger charge is 2.29. The van der Waals surface area contributed by atoms with Crippen molar-refractivity contribution in [3.63, 3.8) is 0 Å². The Hall–Kier alpha value is -3.45. The quantitative estimate of drug-likeness (QED) is 0.500. The van der Waals surface area contributed by atoms with Gasteiger partial charge in [0.05, 0.1) is 10.6 Å². The largest absolute Gasteiger partial charge is 0.399 e. The number of rotatable bonds is 4. The van der Waals surface area contributed by atoms with E-state index < -0.39 is 9.84 Å². The van der Waals surface area contributed by atoms with E-state index in [1.165, 1.54) is 4.68 Å². The number of anilines is 1. The SMILES string of the molecule is Cc1ccc(-c2c(S(=O)(=O)c3ccc(C)c(C)c3)nnn2-c2ccc(N)cc2)cc1. The molecule has 3 aromatic carbocycles. The fourth-order valence-corrected chi connectivity index (χ4v) is 4.60. The Morgan fingerprint density at radius 3 is 2.13 bits per heavy atom. The first kappa shape index (κ1) is 19.8. The Bertz CT molecular complexity index is 1320. The summed E-state index contributed by atoms with van der Waals surface area (Å²) >= 11 is 0. The lowest BCUT2D eigenvalue weighted by Crippen LogP contribution is -2.06. The van der Waals surface area contributed by atoms with E-state index in [9.17, 15) is 8.42 Å². The number of hydrogen-bond acceptors (Lipinski definition) is 5. The summed E-state index contributed by atoms with van der Waals surface area (Å²) in [5.41, 5.74) is 11.2. The third kappa shape index (κ3) is 3.48. The minimum Gasteiger partial charge on any atom is -0.399 e. The highest BCUT2D eigenvalue weighted by Crippen LogP contribution is 2.32. The molecule has 1 aromatic heterocycles. The predicted octanol–water partition coefficient (Wildman–Crippen LogP) is 4.27. The molecule has 152 valence electrons. The van der Waals surface area contributed by atoms with Crippen LogP contribution in [-0.4, -0.2) is 23.4 Å². The van der Waals surface area contributed by atoms with Crippen LogP contribution in [0.25, 0.3) is 16.9 Å². The number of nitrogens with zero attached hydrogens (tertiary/aromatic N) is 3. The Morgan fingerprint density at radius 2 is 1.50 bits per heavy atom. The van der Waals surface area contributed by atoms with Gasteiger partial charge in [0.1, 0.15) is 5.69 Å². The molecule has 0 amide bonds. The van der Waals surface area contributed by atoms with E-state index in [2.05, 4.69) is 10.3 Å². The highest BCUT2D eigenvalue weighted by atomic mass is 32.2. The average molecular weight is 419 g/mol. The fourth-order valence-electron chi connectivity index (χ4n) is 3.20. The molecule has 0 radical (unpaired) electrons. The smallest absolute Gasteiger partial charge is 0.227 e. The first-order chi connectivity index (χ1) is 14.3. The van der Waals surface area contributed by atoms with Gasteiger partial charge in [-0.05, 0) is 68.3 Å². The van der Waals surface area contributed by atoms with Gasteiger partial charge < -0.3 is 5.73 Å². The number of nitrogen functional groups attached to an aromatic ring is 1. The molecule has 0 fully saturated rings. The van der Waals surface area contributed by atoms with Crippen LogP contribution in [0.2, 0.25) is 0 Å². The molecule has 0 spiro atoms. The summed E-state index contributed by atoms with van der Waals surface area (Å²) < 4.78 is 28.6. The lowest BCUT2D eigenvalue weighted by molar-refractivity contribution is 0.592. The minimum atomic E-state index is -3.88. The first-order valence-corrected chi connectivity index (χ1v) is 11.0. The van der Waals surface area contributed by atoms with Gasteiger partial charge in [0.15, 0.2) is 0 Å². The van der Waals surface area contributed by atoms with Gasteiger partial charge >= 0.3 is 0 Å². The summed E-state index contributed by atoms with van der Waals surface area (Å²) in [6.07, 6.45) is 0. The van der Waals surface area contributed by atoms with Crippen LogP contribution in [-0.2, 0) is 9.84 Å². The van der Waals surface area contributed by atoms with Crippen molar-refractivity contribution in [1.82, 2.24) is 15.0 Å². The summed E-state index contributed by atoms with van der Waals surface area (Å²) in [6, 6.07) is 19.8. The highest BCUT2D eigenvalue weighted by molar-refractivity contribution is 7.91. The minimum absolute atomic E-state index is 0.0774. The summed E-state index contributed by atoms with van der Waals surface area (Å²) in [6.45, 7) is 5.81. The van der Waals surface area contributed by atoms with E-state index in [0.717, 1.165) is 16.7 Å². The lowest BCUT2D eigenvalue weighted by Gasteiger charge is -2.10. The zero-order valence-electron chi connectivity index (χ0n) is 17.0. The normalized spacial score (nSPS) is 11.6. The number of hydrogen-bond donors (Lipinski definition) is 1. The van der Waals surface area contributed by atoms with Crippen LogP contribution in [0.15, 0.2) is 76.7 Å². The number of aryl methyl sites for hydroxylation is 3. The summed E-state index contributed by atoms with van der Waals surface area (Å²) in [5.74, 6) is 0. The van der Waals surface area contributed by atoms with Crippen molar-refractivity contribution in [2.24, 2.45) is 0 Å². The Kier molecular flexibility index (Phi) is 4.91. The van der Waals surface area contributed by atoms with Gasteiger partial charge in [-0.1, -0.05) is 41.1 Å². The van der Waals surface area contributed by atoms with Crippen LogP contribution < -0.4 is 5.73 Å². The predicted molar refractivity (Wildman–Crippen MR) is 117 cm³/mol. The van der Waals surface area contributed by atoms with Crippen LogP contribution in [0.5, 0.6) is 0 Å². The second-order valence-corrected chi connectivity index (χ2v) is 9.23. The van der Waals surface area contributed by atoms with Crippen molar-refractivity contribution < 1.29 is 8.42 Å². The molecule has 0 saturated heterocycles. The van der Waals surface area contributed by atoms with Gasteiger partial charge in [0.25, 0.3) is 0 Å². The number of benzene rings is 3. The molecule has 7 heteroatoms. The summed E-state index contributed by atoms with van der Waals surface area (Å²) in [5, 5.41) is 8.22. The number of aromatic nitrogens is 3. The first-order valence-electron chi connectivity index (χ1n) is 9.48. The van der Waals surface area contributed by atoms with Gasteiger partial charge in [-0.25, -0.2) is 13.1 Å². The maximum Gasteiger partial charge on any atom is 0.227 e.